The molecular formula is C16H27IN4O2. The summed E-state index contributed by atoms with van der Waals surface area (Å²) in [6, 6.07) is 7.21. The number of nitrogens with zero attached hydrogens (tertiary/aromatic N) is 1. The van der Waals surface area contributed by atoms with Crippen LogP contribution in [0.4, 0.5) is 0 Å². The van der Waals surface area contributed by atoms with Crippen LogP contribution in [0.5, 0.6) is 0 Å². The molecule has 0 aliphatic rings. The van der Waals surface area contributed by atoms with Crippen LogP contribution in [0.15, 0.2) is 29.3 Å². The first-order valence-corrected chi connectivity index (χ1v) is 7.66. The zero-order chi connectivity index (χ0) is 16.2. The number of rotatable bonds is 9. The Hall–Kier alpha value is -1.35. The highest BCUT2D eigenvalue weighted by Crippen LogP contribution is 2.06. The summed E-state index contributed by atoms with van der Waals surface area (Å²) in [6.45, 7) is 7.56. The minimum Gasteiger partial charge on any atom is -0.382 e. The van der Waals surface area contributed by atoms with Crippen LogP contribution in [0.25, 0.3) is 0 Å². The number of primary amides is 1. The lowest BCUT2D eigenvalue weighted by atomic mass is 10.1. The van der Waals surface area contributed by atoms with Gasteiger partial charge in [0.1, 0.15) is 0 Å². The molecule has 6 nitrogen and oxygen atoms in total. The summed E-state index contributed by atoms with van der Waals surface area (Å²) in [7, 11) is 0. The van der Waals surface area contributed by atoms with Crippen molar-refractivity contribution in [1.29, 1.82) is 0 Å². The van der Waals surface area contributed by atoms with Gasteiger partial charge in [0.2, 0.25) is 5.91 Å². The number of benzene rings is 1. The van der Waals surface area contributed by atoms with Crippen LogP contribution in [-0.2, 0) is 11.3 Å². The normalized spacial score (nSPS) is 10.8. The van der Waals surface area contributed by atoms with Crippen molar-refractivity contribution in [3.8, 4) is 0 Å². The molecule has 0 heterocycles. The van der Waals surface area contributed by atoms with Crippen molar-refractivity contribution in [2.75, 3.05) is 26.3 Å². The van der Waals surface area contributed by atoms with Crippen molar-refractivity contribution in [2.45, 2.75) is 26.8 Å². The van der Waals surface area contributed by atoms with E-state index in [4.69, 9.17) is 10.5 Å². The summed E-state index contributed by atoms with van der Waals surface area (Å²) < 4.78 is 5.30. The first-order chi connectivity index (χ1) is 10.7. The van der Waals surface area contributed by atoms with Gasteiger partial charge in [-0.1, -0.05) is 12.1 Å². The molecule has 1 rings (SSSR count). The summed E-state index contributed by atoms with van der Waals surface area (Å²) >= 11 is 0. The van der Waals surface area contributed by atoms with Crippen LogP contribution in [0, 0.1) is 0 Å². The molecule has 0 atom stereocenters. The molecule has 0 radical (unpaired) electrons. The van der Waals surface area contributed by atoms with Crippen LogP contribution < -0.4 is 16.4 Å². The minimum atomic E-state index is -0.424. The highest BCUT2D eigenvalue weighted by molar-refractivity contribution is 14.0. The third-order valence-corrected chi connectivity index (χ3v) is 2.94. The predicted molar refractivity (Wildman–Crippen MR) is 104 cm³/mol. The Morgan fingerprint density at radius 2 is 2.09 bits per heavy atom. The number of nitrogens with two attached hydrogens (primary N) is 1. The molecule has 23 heavy (non-hydrogen) atoms. The van der Waals surface area contributed by atoms with Gasteiger partial charge in [-0.05, 0) is 38.0 Å². The van der Waals surface area contributed by atoms with E-state index in [0.29, 0.717) is 12.1 Å². The average molecular weight is 434 g/mol. The van der Waals surface area contributed by atoms with Gasteiger partial charge in [0.25, 0.3) is 0 Å². The smallest absolute Gasteiger partial charge is 0.248 e. The third kappa shape index (κ3) is 9.39. The molecule has 1 aromatic carbocycles. The van der Waals surface area contributed by atoms with Crippen LogP contribution in [0.2, 0.25) is 0 Å². The summed E-state index contributed by atoms with van der Waals surface area (Å²) in [4.78, 5) is 15.7. The Morgan fingerprint density at radius 1 is 1.30 bits per heavy atom. The van der Waals surface area contributed by atoms with E-state index in [-0.39, 0.29) is 24.0 Å². The Kier molecular flexibility index (Phi) is 12.4. The van der Waals surface area contributed by atoms with Gasteiger partial charge < -0.3 is 21.1 Å². The van der Waals surface area contributed by atoms with E-state index in [1.54, 1.807) is 12.1 Å². The summed E-state index contributed by atoms with van der Waals surface area (Å²) in [6.07, 6.45) is 0.926. The fourth-order valence-corrected chi connectivity index (χ4v) is 1.86. The largest absolute Gasteiger partial charge is 0.382 e. The number of carbonyl (C=O) groups excluding carboxylic acids is 1. The van der Waals surface area contributed by atoms with Crippen molar-refractivity contribution in [2.24, 2.45) is 10.7 Å². The molecule has 4 N–H and O–H groups in total. The second-order valence-electron chi connectivity index (χ2n) is 4.74. The topological polar surface area (TPSA) is 88.7 Å². The first kappa shape index (κ1) is 21.6. The molecule has 0 fully saturated rings. The maximum atomic E-state index is 11.2. The Labute approximate surface area is 155 Å². The van der Waals surface area contributed by atoms with Gasteiger partial charge >= 0.3 is 0 Å². The maximum Gasteiger partial charge on any atom is 0.248 e. The lowest BCUT2D eigenvalue weighted by Crippen LogP contribution is -2.38. The molecule has 0 saturated carbocycles. The van der Waals surface area contributed by atoms with E-state index in [1.165, 1.54) is 0 Å². The number of hydrogen-bond donors (Lipinski definition) is 3. The standard InChI is InChI=1S/C16H26N4O2.HI/c1-3-18-16(19-9-6-10-22-4-2)20-12-13-7-5-8-14(11-13)15(17)21;/h5,7-8,11H,3-4,6,9-10,12H2,1-2H3,(H2,17,21)(H2,18,19,20);1H. The molecule has 0 bridgehead atoms. The predicted octanol–water partition coefficient (Wildman–Crippen LogP) is 1.89. The number of ether oxygens (including phenoxy) is 1. The van der Waals surface area contributed by atoms with Gasteiger partial charge in [0.15, 0.2) is 5.96 Å². The van der Waals surface area contributed by atoms with Gasteiger partial charge in [-0.3, -0.25) is 4.79 Å². The van der Waals surface area contributed by atoms with Gasteiger partial charge in [-0.15, -0.1) is 24.0 Å². The Bertz CT molecular complexity index is 495. The Balaban J connectivity index is 0.00000484. The summed E-state index contributed by atoms with van der Waals surface area (Å²) in [5, 5.41) is 6.44. The molecule has 1 aromatic rings. The van der Waals surface area contributed by atoms with Crippen molar-refractivity contribution in [1.82, 2.24) is 10.6 Å². The number of nitrogens with one attached hydrogen (secondary N) is 2. The van der Waals surface area contributed by atoms with E-state index < -0.39 is 5.91 Å². The van der Waals surface area contributed by atoms with Gasteiger partial charge in [0.05, 0.1) is 6.54 Å². The first-order valence-electron chi connectivity index (χ1n) is 7.66. The highest BCUT2D eigenvalue weighted by atomic mass is 127. The molecule has 7 heteroatoms. The lowest BCUT2D eigenvalue weighted by molar-refractivity contribution is 0.1000. The number of carbonyl (C=O) groups is 1. The number of hydrogen-bond acceptors (Lipinski definition) is 3. The molecule has 0 spiro atoms. The second-order valence-corrected chi connectivity index (χ2v) is 4.74. The van der Waals surface area contributed by atoms with Crippen LogP contribution >= 0.6 is 24.0 Å². The van der Waals surface area contributed by atoms with Crippen molar-refractivity contribution in [3.63, 3.8) is 0 Å². The quantitative estimate of drug-likeness (QED) is 0.240. The van der Waals surface area contributed by atoms with Gasteiger partial charge in [0, 0.05) is 31.9 Å². The zero-order valence-corrected chi connectivity index (χ0v) is 16.1. The van der Waals surface area contributed by atoms with Crippen LogP contribution in [0.1, 0.15) is 36.2 Å². The monoisotopic (exact) mass is 434 g/mol. The minimum absolute atomic E-state index is 0. The Morgan fingerprint density at radius 3 is 2.74 bits per heavy atom. The molecule has 0 aromatic heterocycles. The highest BCUT2D eigenvalue weighted by Gasteiger charge is 2.02. The van der Waals surface area contributed by atoms with Crippen LogP contribution in [-0.4, -0.2) is 38.2 Å². The molecule has 0 aliphatic carbocycles. The maximum absolute atomic E-state index is 11.2. The number of amides is 1. The van der Waals surface area contributed by atoms with E-state index in [9.17, 15) is 4.79 Å². The van der Waals surface area contributed by atoms with E-state index in [2.05, 4.69) is 15.6 Å². The summed E-state index contributed by atoms with van der Waals surface area (Å²) in [5.74, 6) is 0.329. The number of guanidine groups is 1. The molecule has 1 amide bonds. The molecule has 130 valence electrons. The molecule has 0 aliphatic heterocycles. The fourth-order valence-electron chi connectivity index (χ4n) is 1.86. The lowest BCUT2D eigenvalue weighted by Gasteiger charge is -2.11. The fraction of sp³-hybridized carbons (Fsp3) is 0.500. The van der Waals surface area contributed by atoms with Gasteiger partial charge in [-0.2, -0.15) is 0 Å². The van der Waals surface area contributed by atoms with Gasteiger partial charge in [-0.25, -0.2) is 4.99 Å². The van der Waals surface area contributed by atoms with Crippen LogP contribution in [0.3, 0.4) is 0 Å². The SMILES string of the molecule is CCNC(=NCc1cccc(C(N)=O)c1)NCCCOCC.I. The molecule has 0 unspecified atom stereocenters. The van der Waals surface area contributed by atoms with Crippen molar-refractivity contribution < 1.29 is 9.53 Å². The average Bonchev–Trinajstić information content (AvgIpc) is 2.52. The van der Waals surface area contributed by atoms with E-state index >= 15 is 0 Å². The van der Waals surface area contributed by atoms with Crippen molar-refractivity contribution in [3.05, 3.63) is 35.4 Å². The van der Waals surface area contributed by atoms with Crippen molar-refractivity contribution >= 4 is 35.8 Å². The third-order valence-electron chi connectivity index (χ3n) is 2.94. The summed E-state index contributed by atoms with van der Waals surface area (Å²) in [5.41, 5.74) is 6.73. The number of aliphatic imine (C=N–C) groups is 1. The van der Waals surface area contributed by atoms with E-state index in [1.807, 2.05) is 26.0 Å². The zero-order valence-electron chi connectivity index (χ0n) is 13.8. The number of halogens is 1. The molecule has 0 saturated heterocycles. The second kappa shape index (κ2) is 13.1. The molecular weight excluding hydrogens is 407 g/mol. The van der Waals surface area contributed by atoms with E-state index in [0.717, 1.165) is 44.2 Å².